The summed E-state index contributed by atoms with van der Waals surface area (Å²) in [6, 6.07) is 11.3. The number of benzene rings is 1. The van der Waals surface area contributed by atoms with Gasteiger partial charge in [-0.2, -0.15) is 18.3 Å². The van der Waals surface area contributed by atoms with Gasteiger partial charge in [0.2, 0.25) is 0 Å². The molecule has 9 heteroatoms. The Hall–Kier alpha value is -3.23. The van der Waals surface area contributed by atoms with E-state index in [2.05, 4.69) is 15.7 Å². The summed E-state index contributed by atoms with van der Waals surface area (Å²) >= 11 is 0. The van der Waals surface area contributed by atoms with Crippen molar-refractivity contribution in [3.63, 3.8) is 0 Å². The van der Waals surface area contributed by atoms with Gasteiger partial charge in [-0.1, -0.05) is 30.3 Å². The highest BCUT2D eigenvalue weighted by atomic mass is 19.4. The summed E-state index contributed by atoms with van der Waals surface area (Å²) in [6.45, 7) is 0.257. The summed E-state index contributed by atoms with van der Waals surface area (Å²) in [7, 11) is 0. The molecule has 1 aromatic carbocycles. The van der Waals surface area contributed by atoms with Crippen LogP contribution in [-0.4, -0.2) is 21.9 Å². The zero-order valence-electron chi connectivity index (χ0n) is 14.6. The zero-order valence-corrected chi connectivity index (χ0v) is 14.6. The molecule has 0 saturated heterocycles. The lowest BCUT2D eigenvalue weighted by atomic mass is 10.0. The van der Waals surface area contributed by atoms with E-state index in [0.717, 1.165) is 10.2 Å². The normalized spacial score (nSPS) is 19.0. The van der Waals surface area contributed by atoms with Crippen LogP contribution < -0.4 is 10.6 Å². The standard InChI is InChI=1S/C19H17F3N4O2/c20-19(21,22)16-9-13(15-7-4-8-28-15)24-17-10-14(25-26(16)17)18(27)23-11-12-5-2-1-3-6-12/h1-8,10,13,16,24H,9,11H2,(H,23,27)/t13-,16+/m0/s1. The molecule has 6 nitrogen and oxygen atoms in total. The molecule has 3 aromatic rings. The van der Waals surface area contributed by atoms with Gasteiger partial charge in [0.15, 0.2) is 11.7 Å². The van der Waals surface area contributed by atoms with Crippen molar-refractivity contribution in [2.75, 3.05) is 5.32 Å². The van der Waals surface area contributed by atoms with Gasteiger partial charge in [0.05, 0.1) is 12.3 Å². The lowest BCUT2D eigenvalue weighted by Crippen LogP contribution is -2.35. The molecule has 28 heavy (non-hydrogen) atoms. The number of hydrogen-bond donors (Lipinski definition) is 2. The number of amides is 1. The number of fused-ring (bicyclic) bond motifs is 1. The molecule has 0 bridgehead atoms. The quantitative estimate of drug-likeness (QED) is 0.705. The summed E-state index contributed by atoms with van der Waals surface area (Å²) in [5, 5.41) is 9.57. The van der Waals surface area contributed by atoms with Gasteiger partial charge in [0, 0.05) is 19.0 Å². The number of halogens is 3. The summed E-state index contributed by atoms with van der Waals surface area (Å²) in [5.74, 6) is -0.0142. The molecule has 0 fully saturated rings. The molecule has 1 aliphatic heterocycles. The molecule has 1 amide bonds. The molecule has 0 aliphatic carbocycles. The average molecular weight is 390 g/mol. The van der Waals surface area contributed by atoms with Crippen LogP contribution in [0, 0.1) is 0 Å². The Morgan fingerprint density at radius 3 is 2.71 bits per heavy atom. The predicted octanol–water partition coefficient (Wildman–Crippen LogP) is 4.07. The fourth-order valence-electron chi connectivity index (χ4n) is 3.23. The van der Waals surface area contributed by atoms with Gasteiger partial charge >= 0.3 is 6.18 Å². The number of rotatable bonds is 4. The monoisotopic (exact) mass is 390 g/mol. The van der Waals surface area contributed by atoms with E-state index in [1.807, 2.05) is 30.3 Å². The molecule has 0 spiro atoms. The number of carbonyl (C=O) groups is 1. The van der Waals surface area contributed by atoms with E-state index < -0.39 is 24.2 Å². The highest BCUT2D eigenvalue weighted by Crippen LogP contribution is 2.43. The maximum absolute atomic E-state index is 13.6. The zero-order chi connectivity index (χ0) is 19.7. The van der Waals surface area contributed by atoms with Crippen LogP contribution in [0.25, 0.3) is 0 Å². The van der Waals surface area contributed by atoms with Crippen LogP contribution in [0.3, 0.4) is 0 Å². The molecule has 2 atom stereocenters. The highest BCUT2D eigenvalue weighted by molar-refractivity contribution is 5.93. The van der Waals surface area contributed by atoms with Crippen molar-refractivity contribution in [2.24, 2.45) is 0 Å². The van der Waals surface area contributed by atoms with Gasteiger partial charge < -0.3 is 15.1 Å². The van der Waals surface area contributed by atoms with Gasteiger partial charge in [-0.3, -0.25) is 4.79 Å². The van der Waals surface area contributed by atoms with Crippen LogP contribution in [0.15, 0.2) is 59.2 Å². The predicted molar refractivity (Wildman–Crippen MR) is 94.6 cm³/mol. The maximum atomic E-state index is 13.6. The van der Waals surface area contributed by atoms with Crippen molar-refractivity contribution in [1.82, 2.24) is 15.1 Å². The molecule has 3 heterocycles. The van der Waals surface area contributed by atoms with Crippen LogP contribution >= 0.6 is 0 Å². The van der Waals surface area contributed by atoms with Crippen LogP contribution in [0.2, 0.25) is 0 Å². The van der Waals surface area contributed by atoms with Crippen molar-refractivity contribution in [1.29, 1.82) is 0 Å². The third kappa shape index (κ3) is 3.60. The largest absolute Gasteiger partial charge is 0.467 e. The molecule has 146 valence electrons. The molecule has 0 radical (unpaired) electrons. The fourth-order valence-corrected chi connectivity index (χ4v) is 3.23. The third-order valence-electron chi connectivity index (χ3n) is 4.61. The Labute approximate surface area is 158 Å². The van der Waals surface area contributed by atoms with Crippen LogP contribution in [-0.2, 0) is 6.54 Å². The van der Waals surface area contributed by atoms with E-state index in [-0.39, 0.29) is 24.5 Å². The van der Waals surface area contributed by atoms with Gasteiger partial charge in [-0.05, 0) is 17.7 Å². The number of carbonyl (C=O) groups excluding carboxylic acids is 1. The number of alkyl halides is 3. The summed E-state index contributed by atoms with van der Waals surface area (Å²) in [4.78, 5) is 12.4. The third-order valence-corrected chi connectivity index (χ3v) is 4.61. The Balaban J connectivity index is 1.57. The molecule has 2 N–H and O–H groups in total. The molecule has 0 unspecified atom stereocenters. The second-order valence-electron chi connectivity index (χ2n) is 6.53. The van der Waals surface area contributed by atoms with Gasteiger partial charge in [-0.15, -0.1) is 0 Å². The van der Waals surface area contributed by atoms with E-state index in [4.69, 9.17) is 4.42 Å². The first-order valence-electron chi connectivity index (χ1n) is 8.70. The number of nitrogens with zero attached hydrogens (tertiary/aromatic N) is 2. The number of hydrogen-bond acceptors (Lipinski definition) is 4. The van der Waals surface area contributed by atoms with E-state index >= 15 is 0 Å². The van der Waals surface area contributed by atoms with E-state index in [0.29, 0.717) is 5.76 Å². The molecule has 2 aromatic heterocycles. The first kappa shape index (κ1) is 18.1. The summed E-state index contributed by atoms with van der Waals surface area (Å²) in [5.41, 5.74) is 0.803. The van der Waals surface area contributed by atoms with Crippen LogP contribution in [0.1, 0.15) is 40.3 Å². The van der Waals surface area contributed by atoms with Crippen molar-refractivity contribution in [3.8, 4) is 0 Å². The molecular formula is C19H17F3N4O2. The maximum Gasteiger partial charge on any atom is 0.410 e. The topological polar surface area (TPSA) is 72.1 Å². The molecular weight excluding hydrogens is 373 g/mol. The number of aromatic nitrogens is 2. The summed E-state index contributed by atoms with van der Waals surface area (Å²) in [6.07, 6.45) is -3.38. The molecule has 1 aliphatic rings. The second kappa shape index (κ2) is 7.06. The van der Waals surface area contributed by atoms with Crippen molar-refractivity contribution in [2.45, 2.75) is 31.2 Å². The summed E-state index contributed by atoms with van der Waals surface area (Å²) < 4.78 is 46.9. The minimum absolute atomic E-state index is 0.0761. The Morgan fingerprint density at radius 2 is 2.04 bits per heavy atom. The van der Waals surface area contributed by atoms with Gasteiger partial charge in [0.1, 0.15) is 11.6 Å². The minimum Gasteiger partial charge on any atom is -0.467 e. The van der Waals surface area contributed by atoms with Gasteiger partial charge in [0.25, 0.3) is 5.91 Å². The smallest absolute Gasteiger partial charge is 0.410 e. The second-order valence-corrected chi connectivity index (χ2v) is 6.53. The van der Waals surface area contributed by atoms with Crippen LogP contribution in [0.4, 0.5) is 19.0 Å². The molecule has 4 rings (SSSR count). The lowest BCUT2D eigenvalue weighted by Gasteiger charge is -2.32. The van der Waals surface area contributed by atoms with Crippen LogP contribution in [0.5, 0.6) is 0 Å². The Morgan fingerprint density at radius 1 is 1.25 bits per heavy atom. The number of furan rings is 1. The van der Waals surface area contributed by atoms with E-state index in [1.165, 1.54) is 12.3 Å². The fraction of sp³-hybridized carbons (Fsp3) is 0.263. The van der Waals surface area contributed by atoms with E-state index in [1.54, 1.807) is 12.1 Å². The van der Waals surface area contributed by atoms with Crippen molar-refractivity contribution >= 4 is 11.7 Å². The Kier molecular flexibility index (Phi) is 4.58. The highest BCUT2D eigenvalue weighted by Gasteiger charge is 2.47. The van der Waals surface area contributed by atoms with Crippen molar-refractivity contribution < 1.29 is 22.4 Å². The Bertz CT molecular complexity index is 951. The minimum atomic E-state index is -4.51. The molecule has 0 saturated carbocycles. The van der Waals surface area contributed by atoms with Gasteiger partial charge in [-0.25, -0.2) is 4.68 Å². The average Bonchev–Trinajstić information content (AvgIpc) is 3.34. The first-order valence-corrected chi connectivity index (χ1v) is 8.70. The number of nitrogens with one attached hydrogen (secondary N) is 2. The van der Waals surface area contributed by atoms with Crippen molar-refractivity contribution in [3.05, 3.63) is 71.8 Å². The first-order chi connectivity index (χ1) is 13.4. The van der Waals surface area contributed by atoms with E-state index in [9.17, 15) is 18.0 Å². The number of anilines is 1. The lowest BCUT2D eigenvalue weighted by molar-refractivity contribution is -0.174. The SMILES string of the molecule is O=C(NCc1ccccc1)c1cc2n(n1)[C@@H](C(F)(F)F)C[C@@H](c1ccco1)N2.